The second-order valence-corrected chi connectivity index (χ2v) is 5.91. The van der Waals surface area contributed by atoms with E-state index in [2.05, 4.69) is 51.7 Å². The Labute approximate surface area is 145 Å². The van der Waals surface area contributed by atoms with E-state index in [4.69, 9.17) is 0 Å². The van der Waals surface area contributed by atoms with Gasteiger partial charge in [-0.15, -0.1) is 10.2 Å². The molecule has 0 aliphatic carbocycles. The molecular formula is C19H19N5O. The van der Waals surface area contributed by atoms with E-state index in [0.717, 1.165) is 11.1 Å². The molecule has 0 saturated carbocycles. The Hall–Kier alpha value is -3.28. The van der Waals surface area contributed by atoms with E-state index in [1.807, 2.05) is 42.5 Å². The number of aromatic nitrogens is 3. The second kappa shape index (κ2) is 7.53. The lowest BCUT2D eigenvalue weighted by atomic mass is 10.0. The van der Waals surface area contributed by atoms with Crippen LogP contribution in [-0.2, 0) is 0 Å². The summed E-state index contributed by atoms with van der Waals surface area (Å²) in [6.07, 6.45) is 1.66. The molecule has 0 aliphatic rings. The number of nitrogens with zero attached hydrogens (tertiary/aromatic N) is 3. The topological polar surface area (TPSA) is 83.0 Å². The zero-order valence-corrected chi connectivity index (χ0v) is 14.1. The molecule has 1 aromatic heterocycles. The molecule has 0 atom stereocenters. The number of rotatable bonds is 5. The van der Waals surface area contributed by atoms with Gasteiger partial charge in [-0.2, -0.15) is 5.10 Å². The maximum atomic E-state index is 12.1. The van der Waals surface area contributed by atoms with Crippen molar-refractivity contribution in [2.45, 2.75) is 19.8 Å². The molecule has 1 heterocycles. The molecule has 0 unspecified atom stereocenters. The Morgan fingerprint density at radius 1 is 1.04 bits per heavy atom. The van der Waals surface area contributed by atoms with Crippen molar-refractivity contribution in [1.82, 2.24) is 15.2 Å². The number of hydrogen-bond acceptors (Lipinski definition) is 5. The number of hydrogen-bond donors (Lipinski definition) is 2. The van der Waals surface area contributed by atoms with E-state index in [0.29, 0.717) is 5.92 Å². The molecule has 3 rings (SSSR count). The van der Waals surface area contributed by atoms with Gasteiger partial charge in [0.1, 0.15) is 0 Å². The van der Waals surface area contributed by atoms with E-state index >= 15 is 0 Å². The minimum absolute atomic E-state index is 0.194. The molecule has 6 heteroatoms. The van der Waals surface area contributed by atoms with Crippen molar-refractivity contribution in [3.8, 4) is 11.3 Å². The van der Waals surface area contributed by atoms with Crippen molar-refractivity contribution < 1.29 is 0 Å². The fraction of sp³-hybridized carbons (Fsp3) is 0.158. The summed E-state index contributed by atoms with van der Waals surface area (Å²) in [6, 6.07) is 17.3. The van der Waals surface area contributed by atoms with Crippen LogP contribution in [0.15, 0.2) is 64.5 Å². The zero-order chi connectivity index (χ0) is 17.6. The first-order chi connectivity index (χ1) is 12.1. The van der Waals surface area contributed by atoms with Crippen LogP contribution in [-0.4, -0.2) is 21.4 Å². The highest BCUT2D eigenvalue weighted by Crippen LogP contribution is 2.14. The lowest BCUT2D eigenvalue weighted by Crippen LogP contribution is -2.15. The second-order valence-electron chi connectivity index (χ2n) is 5.91. The molecule has 25 heavy (non-hydrogen) atoms. The first-order valence-electron chi connectivity index (χ1n) is 8.05. The first kappa shape index (κ1) is 16.6. The lowest BCUT2D eigenvalue weighted by Gasteiger charge is -2.04. The van der Waals surface area contributed by atoms with Crippen LogP contribution >= 0.6 is 0 Å². The van der Waals surface area contributed by atoms with Crippen molar-refractivity contribution in [1.29, 1.82) is 0 Å². The first-order valence-corrected chi connectivity index (χ1v) is 8.05. The molecule has 0 amide bonds. The van der Waals surface area contributed by atoms with Gasteiger partial charge in [-0.25, -0.2) is 5.43 Å². The average molecular weight is 333 g/mol. The van der Waals surface area contributed by atoms with Gasteiger partial charge in [0.25, 0.3) is 5.56 Å². The predicted molar refractivity (Wildman–Crippen MR) is 99.8 cm³/mol. The van der Waals surface area contributed by atoms with Gasteiger partial charge in [0.05, 0.1) is 6.21 Å². The van der Waals surface area contributed by atoms with Crippen molar-refractivity contribution in [3.05, 3.63) is 76.1 Å². The standard InChI is InChI=1S/C19H19N5O/c1-13(2)15-10-8-14(9-11-15)12-20-23-19-21-18(25)17(22-24-19)16-6-4-3-5-7-16/h3-13H,1-2H3,(H2,21,23,24,25). The highest BCUT2D eigenvalue weighted by Gasteiger charge is 2.06. The van der Waals surface area contributed by atoms with Crippen LogP contribution in [0.1, 0.15) is 30.9 Å². The van der Waals surface area contributed by atoms with E-state index in [9.17, 15) is 4.79 Å². The Bertz CT molecular complexity index is 915. The van der Waals surface area contributed by atoms with E-state index in [-0.39, 0.29) is 17.2 Å². The number of H-pyrrole nitrogens is 1. The van der Waals surface area contributed by atoms with Gasteiger partial charge < -0.3 is 0 Å². The van der Waals surface area contributed by atoms with Crippen molar-refractivity contribution in [3.63, 3.8) is 0 Å². The van der Waals surface area contributed by atoms with E-state index < -0.39 is 0 Å². The van der Waals surface area contributed by atoms with Gasteiger partial charge in [0.15, 0.2) is 5.69 Å². The minimum Gasteiger partial charge on any atom is -0.288 e. The summed E-state index contributed by atoms with van der Waals surface area (Å²) in [5.41, 5.74) is 5.59. The Morgan fingerprint density at radius 2 is 1.76 bits per heavy atom. The van der Waals surface area contributed by atoms with E-state index in [1.54, 1.807) is 6.21 Å². The van der Waals surface area contributed by atoms with Gasteiger partial charge in [-0.3, -0.25) is 9.78 Å². The summed E-state index contributed by atoms with van der Waals surface area (Å²) in [7, 11) is 0. The third-order valence-corrected chi connectivity index (χ3v) is 3.73. The molecule has 0 spiro atoms. The van der Waals surface area contributed by atoms with Gasteiger partial charge in [-0.1, -0.05) is 68.4 Å². The van der Waals surface area contributed by atoms with E-state index in [1.165, 1.54) is 5.56 Å². The predicted octanol–water partition coefficient (Wildman–Crippen LogP) is 3.40. The quantitative estimate of drug-likeness (QED) is 0.554. The maximum Gasteiger partial charge on any atom is 0.279 e. The summed E-state index contributed by atoms with van der Waals surface area (Å²) < 4.78 is 0. The molecule has 2 aromatic carbocycles. The van der Waals surface area contributed by atoms with Crippen LogP contribution in [0.2, 0.25) is 0 Å². The molecule has 0 radical (unpaired) electrons. The summed E-state index contributed by atoms with van der Waals surface area (Å²) in [4.78, 5) is 14.8. The van der Waals surface area contributed by atoms with Crippen molar-refractivity contribution in [2.75, 3.05) is 5.43 Å². The summed E-state index contributed by atoms with van der Waals surface area (Å²) >= 11 is 0. The number of hydrazone groups is 1. The Kier molecular flexibility index (Phi) is 4.99. The van der Waals surface area contributed by atoms with Gasteiger partial charge >= 0.3 is 0 Å². The highest BCUT2D eigenvalue weighted by atomic mass is 16.1. The summed E-state index contributed by atoms with van der Waals surface area (Å²) in [5.74, 6) is 0.687. The lowest BCUT2D eigenvalue weighted by molar-refractivity contribution is 0.866. The van der Waals surface area contributed by atoms with Gasteiger partial charge in [0.2, 0.25) is 5.95 Å². The molecule has 0 fully saturated rings. The molecule has 0 aliphatic heterocycles. The molecular weight excluding hydrogens is 314 g/mol. The summed E-state index contributed by atoms with van der Waals surface area (Å²) in [6.45, 7) is 4.30. The monoisotopic (exact) mass is 333 g/mol. The number of nitrogens with one attached hydrogen (secondary N) is 2. The van der Waals surface area contributed by atoms with Crippen LogP contribution in [0.5, 0.6) is 0 Å². The molecule has 2 N–H and O–H groups in total. The normalized spacial score (nSPS) is 11.2. The smallest absolute Gasteiger partial charge is 0.279 e. The fourth-order valence-electron chi connectivity index (χ4n) is 2.31. The molecule has 0 bridgehead atoms. The van der Waals surface area contributed by atoms with Crippen LogP contribution in [0.3, 0.4) is 0 Å². The summed E-state index contributed by atoms with van der Waals surface area (Å²) in [5, 5.41) is 12.0. The molecule has 0 saturated heterocycles. The zero-order valence-electron chi connectivity index (χ0n) is 14.1. The Morgan fingerprint density at radius 3 is 2.40 bits per heavy atom. The average Bonchev–Trinajstić information content (AvgIpc) is 2.63. The minimum atomic E-state index is -0.319. The van der Waals surface area contributed by atoms with Crippen molar-refractivity contribution >= 4 is 12.2 Å². The SMILES string of the molecule is CC(C)c1ccc(C=NNc2nnc(-c3ccccc3)c(=O)[nH]2)cc1. The van der Waals surface area contributed by atoms with Crippen LogP contribution in [0, 0.1) is 0 Å². The van der Waals surface area contributed by atoms with Crippen LogP contribution in [0.4, 0.5) is 5.95 Å². The Balaban J connectivity index is 1.69. The molecule has 126 valence electrons. The van der Waals surface area contributed by atoms with Crippen molar-refractivity contribution in [2.24, 2.45) is 5.10 Å². The fourth-order valence-corrected chi connectivity index (χ4v) is 2.31. The third-order valence-electron chi connectivity index (χ3n) is 3.73. The highest BCUT2D eigenvalue weighted by molar-refractivity contribution is 5.80. The number of anilines is 1. The maximum absolute atomic E-state index is 12.1. The van der Waals surface area contributed by atoms with Crippen LogP contribution in [0.25, 0.3) is 11.3 Å². The molecule has 3 aromatic rings. The molecule has 6 nitrogen and oxygen atoms in total. The largest absolute Gasteiger partial charge is 0.288 e. The number of benzene rings is 2. The number of aromatic amines is 1. The van der Waals surface area contributed by atoms with Gasteiger partial charge in [-0.05, 0) is 17.0 Å². The van der Waals surface area contributed by atoms with Gasteiger partial charge in [0, 0.05) is 5.56 Å². The third kappa shape index (κ3) is 4.17. The van der Waals surface area contributed by atoms with Crippen LogP contribution < -0.4 is 11.0 Å².